The molecule has 5 heteroatoms. The Morgan fingerprint density at radius 2 is 1.56 bits per heavy atom. The van der Waals surface area contributed by atoms with Gasteiger partial charge in [0.1, 0.15) is 12.6 Å². The molecule has 5 nitrogen and oxygen atoms in total. The van der Waals surface area contributed by atoms with Crippen molar-refractivity contribution in [3.05, 3.63) is 119 Å². The number of rotatable bonds is 11. The van der Waals surface area contributed by atoms with E-state index in [1.807, 2.05) is 53.4 Å². The molecule has 1 atom stereocenters. The number of hydrogen-bond donors (Lipinski definition) is 0. The summed E-state index contributed by atoms with van der Waals surface area (Å²) in [5.41, 5.74) is 6.94. The number of unbranched alkanes of at least 4 members (excludes halogenated alkanes) is 3. The molecule has 5 rings (SSSR count). The van der Waals surface area contributed by atoms with Crippen LogP contribution < -0.4 is 4.90 Å². The van der Waals surface area contributed by atoms with E-state index in [0.717, 1.165) is 53.9 Å². The molecule has 0 fully saturated rings. The number of aromatic nitrogens is 1. The molecular weight excluding hydrogens is 506 g/mol. The summed E-state index contributed by atoms with van der Waals surface area (Å²) >= 11 is 0. The first-order valence-electron chi connectivity index (χ1n) is 15.0. The normalized spacial score (nSPS) is 13.9. The average molecular weight is 548 g/mol. The molecule has 41 heavy (non-hydrogen) atoms. The van der Waals surface area contributed by atoms with E-state index in [4.69, 9.17) is 0 Å². The highest BCUT2D eigenvalue weighted by Gasteiger charge is 2.37. The van der Waals surface area contributed by atoms with Crippen LogP contribution in [0.15, 0.2) is 91.1 Å². The molecule has 2 amide bonds. The molecule has 1 aliphatic heterocycles. The van der Waals surface area contributed by atoms with Crippen LogP contribution in [0, 0.1) is 6.92 Å². The smallest absolute Gasteiger partial charge is 0.254 e. The first kappa shape index (κ1) is 28.4. The van der Waals surface area contributed by atoms with Gasteiger partial charge in [-0.3, -0.25) is 14.5 Å². The second kappa shape index (κ2) is 13.0. The zero-order valence-electron chi connectivity index (χ0n) is 24.6. The Kier molecular flexibility index (Phi) is 9.03. The summed E-state index contributed by atoms with van der Waals surface area (Å²) in [6, 6.07) is 28.2. The largest absolute Gasteiger partial charge is 0.329 e. The minimum absolute atomic E-state index is 0.0223. The summed E-state index contributed by atoms with van der Waals surface area (Å²) in [5, 5.41) is 0. The quantitative estimate of drug-likeness (QED) is 0.179. The van der Waals surface area contributed by atoms with Crippen molar-refractivity contribution in [1.29, 1.82) is 0 Å². The number of benzene rings is 3. The van der Waals surface area contributed by atoms with Crippen LogP contribution >= 0.6 is 0 Å². The van der Waals surface area contributed by atoms with Crippen LogP contribution in [0.2, 0.25) is 0 Å². The summed E-state index contributed by atoms with van der Waals surface area (Å²) in [6.07, 6.45) is 8.42. The molecule has 0 saturated heterocycles. The van der Waals surface area contributed by atoms with Gasteiger partial charge >= 0.3 is 0 Å². The number of hydrogen-bond acceptors (Lipinski definition) is 2. The first-order valence-corrected chi connectivity index (χ1v) is 15.0. The molecule has 0 bridgehead atoms. The maximum Gasteiger partial charge on any atom is 0.254 e. The Morgan fingerprint density at radius 1 is 0.805 bits per heavy atom. The fraction of sp³-hybridized carbons (Fsp3) is 0.333. The van der Waals surface area contributed by atoms with Gasteiger partial charge in [-0.05, 0) is 73.7 Å². The van der Waals surface area contributed by atoms with Crippen LogP contribution in [0.5, 0.6) is 0 Å². The summed E-state index contributed by atoms with van der Waals surface area (Å²) in [7, 11) is 0. The number of anilines is 1. The maximum atomic E-state index is 14.4. The van der Waals surface area contributed by atoms with Crippen molar-refractivity contribution < 1.29 is 9.59 Å². The monoisotopic (exact) mass is 547 g/mol. The molecule has 0 N–H and O–H groups in total. The van der Waals surface area contributed by atoms with Gasteiger partial charge in [-0.25, -0.2) is 0 Å². The number of carbonyl (C=O) groups is 2. The highest BCUT2D eigenvalue weighted by molar-refractivity contribution is 6.02. The third-order valence-corrected chi connectivity index (χ3v) is 8.01. The standard InChI is InChI=1S/C36H41N3O2/c1-4-6-8-14-28-19-21-29(22-20-28)36(41)37(23-7-5-2)26-34(40)39-32-17-10-9-16-31(32)38-24-12-18-33(38)35(39)30-15-11-13-27(3)25-30/h9-13,15-22,24-25,35H,4-8,14,23,26H2,1-3H3. The van der Waals surface area contributed by atoms with Gasteiger partial charge in [0.2, 0.25) is 5.91 Å². The van der Waals surface area contributed by atoms with E-state index in [0.29, 0.717) is 12.1 Å². The van der Waals surface area contributed by atoms with Gasteiger partial charge in [0.15, 0.2) is 0 Å². The van der Waals surface area contributed by atoms with Gasteiger partial charge < -0.3 is 9.47 Å². The molecular formula is C36H41N3O2. The number of fused-ring (bicyclic) bond motifs is 3. The van der Waals surface area contributed by atoms with Crippen molar-refractivity contribution in [2.45, 2.75) is 65.3 Å². The number of aryl methyl sites for hydroxylation is 2. The van der Waals surface area contributed by atoms with Crippen molar-refractivity contribution >= 4 is 17.5 Å². The SMILES string of the molecule is CCCCCc1ccc(C(=O)N(CCCC)CC(=O)N2c3ccccc3-n3cccc3C2c2cccc(C)c2)cc1. The topological polar surface area (TPSA) is 45.6 Å². The van der Waals surface area contributed by atoms with Crippen molar-refractivity contribution in [3.8, 4) is 5.69 Å². The Labute approximate surface area is 244 Å². The molecule has 0 spiro atoms. The molecule has 4 aromatic rings. The van der Waals surface area contributed by atoms with E-state index in [9.17, 15) is 9.59 Å². The van der Waals surface area contributed by atoms with Crippen LogP contribution in [0.25, 0.3) is 5.69 Å². The van der Waals surface area contributed by atoms with Crippen LogP contribution in [-0.4, -0.2) is 34.4 Å². The summed E-state index contributed by atoms with van der Waals surface area (Å²) in [4.78, 5) is 31.8. The lowest BCUT2D eigenvalue weighted by Crippen LogP contribution is -2.47. The zero-order chi connectivity index (χ0) is 28.8. The second-order valence-corrected chi connectivity index (χ2v) is 11.1. The highest BCUT2D eigenvalue weighted by Crippen LogP contribution is 2.42. The van der Waals surface area contributed by atoms with Crippen LogP contribution in [-0.2, 0) is 11.2 Å². The lowest BCUT2D eigenvalue weighted by Gasteiger charge is -2.39. The van der Waals surface area contributed by atoms with Gasteiger partial charge in [0, 0.05) is 18.3 Å². The fourth-order valence-electron chi connectivity index (χ4n) is 5.83. The average Bonchev–Trinajstić information content (AvgIpc) is 3.49. The number of amides is 2. The zero-order valence-corrected chi connectivity index (χ0v) is 24.6. The Bertz CT molecular complexity index is 1490. The molecule has 0 saturated carbocycles. The lowest BCUT2D eigenvalue weighted by atomic mass is 9.96. The van der Waals surface area contributed by atoms with Gasteiger partial charge in [-0.2, -0.15) is 0 Å². The lowest BCUT2D eigenvalue weighted by molar-refractivity contribution is -0.119. The molecule has 1 aromatic heterocycles. The Hall–Kier alpha value is -4.12. The summed E-state index contributed by atoms with van der Waals surface area (Å²) in [5.74, 6) is -0.176. The maximum absolute atomic E-state index is 14.4. The molecule has 2 heterocycles. The molecule has 3 aromatic carbocycles. The minimum Gasteiger partial charge on any atom is -0.329 e. The Morgan fingerprint density at radius 3 is 2.29 bits per heavy atom. The van der Waals surface area contributed by atoms with Crippen LogP contribution in [0.3, 0.4) is 0 Å². The van der Waals surface area contributed by atoms with Crippen molar-refractivity contribution in [2.24, 2.45) is 0 Å². The van der Waals surface area contributed by atoms with Gasteiger partial charge in [0.05, 0.1) is 17.1 Å². The third-order valence-electron chi connectivity index (χ3n) is 8.01. The van der Waals surface area contributed by atoms with E-state index in [-0.39, 0.29) is 24.4 Å². The van der Waals surface area contributed by atoms with Crippen LogP contribution in [0.1, 0.15) is 84.7 Å². The number of nitrogens with zero attached hydrogens (tertiary/aromatic N) is 3. The number of para-hydroxylation sites is 2. The molecule has 212 valence electrons. The predicted molar refractivity (Wildman–Crippen MR) is 167 cm³/mol. The van der Waals surface area contributed by atoms with Gasteiger partial charge in [0.25, 0.3) is 5.91 Å². The summed E-state index contributed by atoms with van der Waals surface area (Å²) < 4.78 is 2.17. The molecule has 1 unspecified atom stereocenters. The van der Waals surface area contributed by atoms with E-state index < -0.39 is 0 Å². The first-order chi connectivity index (χ1) is 20.0. The van der Waals surface area contributed by atoms with E-state index in [2.05, 4.69) is 67.9 Å². The summed E-state index contributed by atoms with van der Waals surface area (Å²) in [6.45, 7) is 6.95. The molecule has 0 radical (unpaired) electrons. The van der Waals surface area contributed by atoms with Gasteiger partial charge in [-0.15, -0.1) is 0 Å². The van der Waals surface area contributed by atoms with Crippen LogP contribution in [0.4, 0.5) is 5.69 Å². The van der Waals surface area contributed by atoms with Crippen molar-refractivity contribution in [3.63, 3.8) is 0 Å². The predicted octanol–water partition coefficient (Wildman–Crippen LogP) is 7.90. The van der Waals surface area contributed by atoms with Crippen molar-refractivity contribution in [1.82, 2.24) is 9.47 Å². The van der Waals surface area contributed by atoms with Crippen molar-refractivity contribution in [2.75, 3.05) is 18.0 Å². The van der Waals surface area contributed by atoms with E-state index in [1.165, 1.54) is 18.4 Å². The van der Waals surface area contributed by atoms with E-state index in [1.54, 1.807) is 4.90 Å². The highest BCUT2D eigenvalue weighted by atomic mass is 16.2. The second-order valence-electron chi connectivity index (χ2n) is 11.1. The number of carbonyl (C=O) groups excluding carboxylic acids is 2. The fourth-order valence-corrected chi connectivity index (χ4v) is 5.83. The molecule has 0 aliphatic carbocycles. The molecule has 1 aliphatic rings. The van der Waals surface area contributed by atoms with E-state index >= 15 is 0 Å². The Balaban J connectivity index is 1.46. The minimum atomic E-state index is -0.294. The third kappa shape index (κ3) is 6.14. The van der Waals surface area contributed by atoms with Gasteiger partial charge in [-0.1, -0.05) is 87.2 Å².